The Labute approximate surface area is 98.5 Å². The maximum Gasteiger partial charge on any atom is 0.134 e. The molecule has 0 spiro atoms. The first-order valence-corrected chi connectivity index (χ1v) is 5.59. The molecule has 1 aromatic heterocycles. The molecule has 3 rings (SSSR count). The van der Waals surface area contributed by atoms with Gasteiger partial charge in [0.1, 0.15) is 11.4 Å². The molecule has 1 aliphatic rings. The SMILES string of the molecule is Cn1cnc(C2(O)CCc3cc(F)ccc32)c1. The second-order valence-corrected chi connectivity index (χ2v) is 4.59. The van der Waals surface area contributed by atoms with Crippen LogP contribution >= 0.6 is 0 Å². The van der Waals surface area contributed by atoms with Crippen LogP contribution in [0.4, 0.5) is 4.39 Å². The van der Waals surface area contributed by atoms with Gasteiger partial charge in [0.05, 0.1) is 12.0 Å². The van der Waals surface area contributed by atoms with Gasteiger partial charge in [-0.25, -0.2) is 9.37 Å². The number of aromatic nitrogens is 2. The number of benzene rings is 1. The number of imidazole rings is 1. The van der Waals surface area contributed by atoms with E-state index in [1.54, 1.807) is 23.2 Å². The van der Waals surface area contributed by atoms with Crippen LogP contribution in [0.3, 0.4) is 0 Å². The molecular formula is C13H13FN2O. The maximum atomic E-state index is 13.1. The predicted octanol–water partition coefficient (Wildman–Crippen LogP) is 1.74. The summed E-state index contributed by atoms with van der Waals surface area (Å²) < 4.78 is 14.9. The van der Waals surface area contributed by atoms with Gasteiger partial charge in [-0.15, -0.1) is 0 Å². The van der Waals surface area contributed by atoms with Crippen molar-refractivity contribution in [1.29, 1.82) is 0 Å². The molecule has 88 valence electrons. The van der Waals surface area contributed by atoms with E-state index in [4.69, 9.17) is 0 Å². The molecule has 1 heterocycles. The molecule has 1 atom stereocenters. The molecular weight excluding hydrogens is 219 g/mol. The molecule has 0 radical (unpaired) electrons. The summed E-state index contributed by atoms with van der Waals surface area (Å²) >= 11 is 0. The zero-order valence-corrected chi connectivity index (χ0v) is 9.52. The van der Waals surface area contributed by atoms with Crippen molar-refractivity contribution in [2.24, 2.45) is 7.05 Å². The second kappa shape index (κ2) is 3.40. The highest BCUT2D eigenvalue weighted by atomic mass is 19.1. The van der Waals surface area contributed by atoms with E-state index >= 15 is 0 Å². The van der Waals surface area contributed by atoms with E-state index in [0.29, 0.717) is 18.5 Å². The minimum Gasteiger partial charge on any atom is -0.379 e. The Morgan fingerprint density at radius 2 is 2.29 bits per heavy atom. The van der Waals surface area contributed by atoms with Crippen molar-refractivity contribution in [1.82, 2.24) is 9.55 Å². The van der Waals surface area contributed by atoms with E-state index in [-0.39, 0.29) is 5.82 Å². The summed E-state index contributed by atoms with van der Waals surface area (Å²) in [7, 11) is 1.86. The van der Waals surface area contributed by atoms with Crippen molar-refractivity contribution in [3.63, 3.8) is 0 Å². The number of aliphatic hydroxyl groups is 1. The zero-order valence-electron chi connectivity index (χ0n) is 9.52. The van der Waals surface area contributed by atoms with E-state index in [2.05, 4.69) is 4.98 Å². The number of rotatable bonds is 1. The summed E-state index contributed by atoms with van der Waals surface area (Å²) in [6.07, 6.45) is 4.70. The van der Waals surface area contributed by atoms with Crippen LogP contribution in [-0.2, 0) is 19.1 Å². The van der Waals surface area contributed by atoms with Crippen LogP contribution in [0.5, 0.6) is 0 Å². The number of aryl methyl sites for hydroxylation is 2. The minimum atomic E-state index is -1.07. The zero-order chi connectivity index (χ0) is 12.0. The fourth-order valence-corrected chi connectivity index (χ4v) is 2.52. The van der Waals surface area contributed by atoms with Crippen LogP contribution < -0.4 is 0 Å². The van der Waals surface area contributed by atoms with Gasteiger partial charge in [-0.3, -0.25) is 0 Å². The van der Waals surface area contributed by atoms with Gasteiger partial charge in [0, 0.05) is 13.2 Å². The van der Waals surface area contributed by atoms with Gasteiger partial charge in [-0.2, -0.15) is 0 Å². The van der Waals surface area contributed by atoms with Crippen LogP contribution in [0.15, 0.2) is 30.7 Å². The standard InChI is InChI=1S/C13H13FN2O/c1-16-7-12(15-8-16)13(17)5-4-9-6-10(14)2-3-11(9)13/h2-3,6-8,17H,4-5H2,1H3. The highest BCUT2D eigenvalue weighted by Crippen LogP contribution is 2.41. The lowest BCUT2D eigenvalue weighted by molar-refractivity contribution is 0.0786. The fraction of sp³-hybridized carbons (Fsp3) is 0.308. The summed E-state index contributed by atoms with van der Waals surface area (Å²) in [5.74, 6) is -0.256. The van der Waals surface area contributed by atoms with Crippen LogP contribution in [0.2, 0.25) is 0 Å². The van der Waals surface area contributed by atoms with E-state index in [9.17, 15) is 9.50 Å². The number of hydrogen-bond acceptors (Lipinski definition) is 2. The van der Waals surface area contributed by atoms with Crippen LogP contribution in [0, 0.1) is 5.82 Å². The van der Waals surface area contributed by atoms with Crippen molar-refractivity contribution < 1.29 is 9.50 Å². The third kappa shape index (κ3) is 1.48. The van der Waals surface area contributed by atoms with E-state index in [1.165, 1.54) is 12.1 Å². The molecule has 1 N–H and O–H groups in total. The quantitative estimate of drug-likeness (QED) is 0.813. The number of nitrogens with zero attached hydrogens (tertiary/aromatic N) is 2. The molecule has 2 aromatic rings. The average Bonchev–Trinajstić information content (AvgIpc) is 2.85. The Bertz CT molecular complexity index is 579. The van der Waals surface area contributed by atoms with Crippen LogP contribution in [0.1, 0.15) is 23.2 Å². The number of halogens is 1. The van der Waals surface area contributed by atoms with Crippen molar-refractivity contribution in [3.05, 3.63) is 53.4 Å². The Balaban J connectivity index is 2.13. The summed E-state index contributed by atoms with van der Waals surface area (Å²) in [5.41, 5.74) is 1.21. The third-order valence-corrected chi connectivity index (χ3v) is 3.40. The molecule has 0 amide bonds. The van der Waals surface area contributed by atoms with Crippen molar-refractivity contribution in [2.45, 2.75) is 18.4 Å². The molecule has 1 aliphatic carbocycles. The first-order valence-electron chi connectivity index (χ1n) is 5.59. The van der Waals surface area contributed by atoms with E-state index in [0.717, 1.165) is 11.1 Å². The smallest absolute Gasteiger partial charge is 0.134 e. The molecule has 0 saturated carbocycles. The number of hydrogen-bond donors (Lipinski definition) is 1. The highest BCUT2D eigenvalue weighted by molar-refractivity contribution is 5.42. The van der Waals surface area contributed by atoms with Gasteiger partial charge in [-0.05, 0) is 36.1 Å². The Hall–Kier alpha value is -1.68. The first-order chi connectivity index (χ1) is 8.09. The lowest BCUT2D eigenvalue weighted by Crippen LogP contribution is -2.24. The van der Waals surface area contributed by atoms with Gasteiger partial charge in [0.25, 0.3) is 0 Å². The molecule has 0 saturated heterocycles. The monoisotopic (exact) mass is 232 g/mol. The fourth-order valence-electron chi connectivity index (χ4n) is 2.52. The van der Waals surface area contributed by atoms with Crippen LogP contribution in [0.25, 0.3) is 0 Å². The Kier molecular flexibility index (Phi) is 2.10. The number of fused-ring (bicyclic) bond motifs is 1. The van der Waals surface area contributed by atoms with Gasteiger partial charge in [0.2, 0.25) is 0 Å². The average molecular weight is 232 g/mol. The largest absolute Gasteiger partial charge is 0.379 e. The van der Waals surface area contributed by atoms with Crippen molar-refractivity contribution >= 4 is 0 Å². The lowest BCUT2D eigenvalue weighted by Gasteiger charge is -2.21. The van der Waals surface area contributed by atoms with Gasteiger partial charge >= 0.3 is 0 Å². The van der Waals surface area contributed by atoms with E-state index < -0.39 is 5.60 Å². The molecule has 0 bridgehead atoms. The molecule has 1 unspecified atom stereocenters. The molecule has 4 heteroatoms. The maximum absolute atomic E-state index is 13.1. The molecule has 17 heavy (non-hydrogen) atoms. The van der Waals surface area contributed by atoms with Gasteiger partial charge < -0.3 is 9.67 Å². The lowest BCUT2D eigenvalue weighted by atomic mass is 9.93. The summed E-state index contributed by atoms with van der Waals surface area (Å²) in [6.45, 7) is 0. The Morgan fingerprint density at radius 1 is 1.47 bits per heavy atom. The third-order valence-electron chi connectivity index (χ3n) is 3.40. The molecule has 3 nitrogen and oxygen atoms in total. The Morgan fingerprint density at radius 3 is 3.00 bits per heavy atom. The van der Waals surface area contributed by atoms with Crippen molar-refractivity contribution in [3.8, 4) is 0 Å². The highest BCUT2D eigenvalue weighted by Gasteiger charge is 2.40. The van der Waals surface area contributed by atoms with Gasteiger partial charge in [-0.1, -0.05) is 6.07 Å². The molecule has 0 fully saturated rings. The summed E-state index contributed by atoms with van der Waals surface area (Å²) in [5, 5.41) is 10.7. The molecule has 1 aromatic carbocycles. The minimum absolute atomic E-state index is 0.256. The van der Waals surface area contributed by atoms with E-state index in [1.807, 2.05) is 7.05 Å². The summed E-state index contributed by atoms with van der Waals surface area (Å²) in [4.78, 5) is 4.21. The summed E-state index contributed by atoms with van der Waals surface area (Å²) in [6, 6.07) is 4.54. The van der Waals surface area contributed by atoms with Gasteiger partial charge in [0.15, 0.2) is 0 Å². The second-order valence-electron chi connectivity index (χ2n) is 4.59. The molecule has 0 aliphatic heterocycles. The first kappa shape index (κ1) is 10.5. The topological polar surface area (TPSA) is 38.0 Å². The van der Waals surface area contributed by atoms with Crippen LogP contribution in [-0.4, -0.2) is 14.7 Å². The van der Waals surface area contributed by atoms with Crippen molar-refractivity contribution in [2.75, 3.05) is 0 Å². The normalized spacial score (nSPS) is 22.8. The predicted molar refractivity (Wildman–Crippen MR) is 60.9 cm³/mol.